The van der Waals surface area contributed by atoms with Crippen LogP contribution in [0.15, 0.2) is 78.9 Å². The second kappa shape index (κ2) is 9.79. The van der Waals surface area contributed by atoms with Crippen molar-refractivity contribution in [3.8, 4) is 11.5 Å². The molecule has 0 fully saturated rings. The summed E-state index contributed by atoms with van der Waals surface area (Å²) in [5.41, 5.74) is 1.19. The van der Waals surface area contributed by atoms with Crippen molar-refractivity contribution in [3.05, 3.63) is 95.6 Å². The van der Waals surface area contributed by atoms with Crippen LogP contribution in [-0.4, -0.2) is 42.4 Å². The lowest BCUT2D eigenvalue weighted by Crippen LogP contribution is -2.34. The molecule has 3 aromatic rings. The summed E-state index contributed by atoms with van der Waals surface area (Å²) in [5, 5.41) is 22.3. The lowest BCUT2D eigenvalue weighted by molar-refractivity contribution is 0.0474. The summed E-state index contributed by atoms with van der Waals surface area (Å²) >= 11 is 0. The van der Waals surface area contributed by atoms with E-state index >= 15 is 0 Å². The molecule has 3 rings (SSSR count). The molecule has 2 atom stereocenters. The van der Waals surface area contributed by atoms with E-state index in [1.807, 2.05) is 74.8 Å². The van der Waals surface area contributed by atoms with Gasteiger partial charge in [-0.2, -0.15) is 0 Å². The average Bonchev–Trinajstić information content (AvgIpc) is 2.75. The molecule has 0 amide bonds. The van der Waals surface area contributed by atoms with Crippen molar-refractivity contribution < 1.29 is 14.9 Å². The molecule has 158 valence electrons. The fourth-order valence-corrected chi connectivity index (χ4v) is 3.92. The average molecular weight is 406 g/mol. The summed E-state index contributed by atoms with van der Waals surface area (Å²) in [4.78, 5) is 2.07. The Bertz CT molecular complexity index is 925. The number of aromatic hydroxyl groups is 1. The van der Waals surface area contributed by atoms with Crippen LogP contribution in [0.25, 0.3) is 0 Å². The summed E-state index contributed by atoms with van der Waals surface area (Å²) in [6.45, 7) is 3.51. The Kier molecular flexibility index (Phi) is 7.14. The number of rotatable bonds is 9. The third-order valence-electron chi connectivity index (χ3n) is 5.50. The first-order valence-electron chi connectivity index (χ1n) is 10.4. The van der Waals surface area contributed by atoms with Crippen molar-refractivity contribution in [2.75, 3.05) is 27.2 Å². The van der Waals surface area contributed by atoms with Gasteiger partial charge in [-0.15, -0.1) is 0 Å². The first-order chi connectivity index (χ1) is 14.4. The van der Waals surface area contributed by atoms with Gasteiger partial charge in [-0.3, -0.25) is 0 Å². The number of benzene rings is 3. The minimum absolute atomic E-state index is 0.137. The predicted molar refractivity (Wildman–Crippen MR) is 121 cm³/mol. The first kappa shape index (κ1) is 21.9. The summed E-state index contributed by atoms with van der Waals surface area (Å²) in [6.07, 6.45) is 0.733. The lowest BCUT2D eigenvalue weighted by Gasteiger charge is -2.37. The zero-order valence-electron chi connectivity index (χ0n) is 18.0. The zero-order chi connectivity index (χ0) is 21.6. The SMILES string of the molecule is CC[C@H](c1ccccc1)[C@](O)(c1ccc(OCCN(C)C)cc1)c1cccc(O)c1. The summed E-state index contributed by atoms with van der Waals surface area (Å²) in [6, 6.07) is 24.6. The van der Waals surface area contributed by atoms with Crippen molar-refractivity contribution in [2.24, 2.45) is 0 Å². The lowest BCUT2D eigenvalue weighted by atomic mass is 9.72. The van der Waals surface area contributed by atoms with Gasteiger partial charge in [-0.1, -0.05) is 61.5 Å². The van der Waals surface area contributed by atoms with Crippen molar-refractivity contribution in [3.63, 3.8) is 0 Å². The molecule has 0 aliphatic carbocycles. The summed E-state index contributed by atoms with van der Waals surface area (Å²) in [7, 11) is 4.02. The van der Waals surface area contributed by atoms with Crippen LogP contribution in [0.3, 0.4) is 0 Å². The van der Waals surface area contributed by atoms with Crippen molar-refractivity contribution in [1.82, 2.24) is 4.90 Å². The molecule has 0 radical (unpaired) electrons. The molecular formula is C26H31NO3. The zero-order valence-corrected chi connectivity index (χ0v) is 18.0. The van der Waals surface area contributed by atoms with Gasteiger partial charge in [0, 0.05) is 12.5 Å². The number of nitrogens with zero attached hydrogens (tertiary/aromatic N) is 1. The molecule has 0 heterocycles. The van der Waals surface area contributed by atoms with Crippen LogP contribution in [0.2, 0.25) is 0 Å². The molecule has 0 aliphatic heterocycles. The van der Waals surface area contributed by atoms with Crippen molar-refractivity contribution in [1.29, 1.82) is 0 Å². The number of aliphatic hydroxyl groups is 1. The van der Waals surface area contributed by atoms with Gasteiger partial charge in [0.1, 0.15) is 23.7 Å². The number of hydrogen-bond acceptors (Lipinski definition) is 4. The molecule has 0 unspecified atom stereocenters. The fraction of sp³-hybridized carbons (Fsp3) is 0.308. The maximum absolute atomic E-state index is 12.2. The Hall–Kier alpha value is -2.82. The van der Waals surface area contributed by atoms with Gasteiger partial charge in [0.15, 0.2) is 0 Å². The van der Waals surface area contributed by atoms with Gasteiger partial charge in [-0.25, -0.2) is 0 Å². The summed E-state index contributed by atoms with van der Waals surface area (Å²) < 4.78 is 5.82. The molecule has 0 saturated carbocycles. The second-order valence-corrected chi connectivity index (χ2v) is 7.86. The van der Waals surface area contributed by atoms with Gasteiger partial charge >= 0.3 is 0 Å². The van der Waals surface area contributed by atoms with E-state index < -0.39 is 5.60 Å². The molecule has 3 aromatic carbocycles. The Balaban J connectivity index is 2.02. The third kappa shape index (κ3) is 4.84. The molecule has 4 heteroatoms. The fourth-order valence-electron chi connectivity index (χ4n) is 3.92. The molecule has 2 N–H and O–H groups in total. The monoisotopic (exact) mass is 405 g/mol. The Morgan fingerprint density at radius 2 is 1.60 bits per heavy atom. The van der Waals surface area contributed by atoms with E-state index in [0.29, 0.717) is 12.2 Å². The Morgan fingerprint density at radius 1 is 0.900 bits per heavy atom. The third-order valence-corrected chi connectivity index (χ3v) is 5.50. The number of phenols is 1. The smallest absolute Gasteiger partial charge is 0.122 e. The topological polar surface area (TPSA) is 52.9 Å². The molecule has 30 heavy (non-hydrogen) atoms. The highest BCUT2D eigenvalue weighted by molar-refractivity contribution is 5.45. The summed E-state index contributed by atoms with van der Waals surface area (Å²) in [5.74, 6) is 0.727. The van der Waals surface area contributed by atoms with Crippen LogP contribution in [0.5, 0.6) is 11.5 Å². The number of likely N-dealkylation sites (N-methyl/N-ethyl adjacent to an activating group) is 1. The highest BCUT2D eigenvalue weighted by Crippen LogP contribution is 2.45. The number of hydrogen-bond donors (Lipinski definition) is 2. The van der Waals surface area contributed by atoms with E-state index in [0.717, 1.165) is 29.8 Å². The van der Waals surface area contributed by atoms with Crippen LogP contribution in [0, 0.1) is 0 Å². The van der Waals surface area contributed by atoms with E-state index in [2.05, 4.69) is 11.8 Å². The molecule has 0 saturated heterocycles. The Morgan fingerprint density at radius 3 is 2.20 bits per heavy atom. The van der Waals surface area contributed by atoms with Crippen molar-refractivity contribution in [2.45, 2.75) is 24.9 Å². The van der Waals surface area contributed by atoms with Gasteiger partial charge in [-0.05, 0) is 61.5 Å². The molecule has 0 aliphatic rings. The molecular weight excluding hydrogens is 374 g/mol. The van der Waals surface area contributed by atoms with Crippen LogP contribution < -0.4 is 4.74 Å². The van der Waals surface area contributed by atoms with Crippen LogP contribution in [0.1, 0.15) is 36.0 Å². The highest BCUT2D eigenvalue weighted by atomic mass is 16.5. The van der Waals surface area contributed by atoms with E-state index in [1.165, 1.54) is 0 Å². The van der Waals surface area contributed by atoms with Gasteiger partial charge in [0.05, 0.1) is 0 Å². The first-order valence-corrected chi connectivity index (χ1v) is 10.4. The minimum atomic E-state index is -1.29. The van der Waals surface area contributed by atoms with E-state index in [4.69, 9.17) is 4.74 Å². The number of ether oxygens (including phenoxy) is 1. The highest BCUT2D eigenvalue weighted by Gasteiger charge is 2.40. The molecule has 0 bridgehead atoms. The standard InChI is InChI=1S/C26H31NO3/c1-4-25(20-9-6-5-7-10-20)26(29,22-11-8-12-23(28)19-22)21-13-15-24(16-14-21)30-18-17-27(2)3/h5-16,19,25,28-29H,4,17-18H2,1-3H3/t25-,26+/m1/s1. The van der Waals surface area contributed by atoms with E-state index in [1.54, 1.807) is 18.2 Å². The van der Waals surface area contributed by atoms with E-state index in [-0.39, 0.29) is 11.7 Å². The van der Waals surface area contributed by atoms with Gasteiger partial charge in [0.25, 0.3) is 0 Å². The van der Waals surface area contributed by atoms with Crippen LogP contribution in [-0.2, 0) is 5.60 Å². The second-order valence-electron chi connectivity index (χ2n) is 7.86. The maximum atomic E-state index is 12.2. The Labute approximate surface area is 179 Å². The molecule has 4 nitrogen and oxygen atoms in total. The van der Waals surface area contributed by atoms with Gasteiger partial charge in [0.2, 0.25) is 0 Å². The quantitative estimate of drug-likeness (QED) is 0.539. The number of phenolic OH excluding ortho intramolecular Hbond substituents is 1. The van der Waals surface area contributed by atoms with Crippen molar-refractivity contribution >= 4 is 0 Å². The predicted octanol–water partition coefficient (Wildman–Crippen LogP) is 4.76. The maximum Gasteiger partial charge on any atom is 0.122 e. The molecule has 0 spiro atoms. The van der Waals surface area contributed by atoms with E-state index in [9.17, 15) is 10.2 Å². The largest absolute Gasteiger partial charge is 0.508 e. The normalized spacial score (nSPS) is 14.3. The minimum Gasteiger partial charge on any atom is -0.508 e. The molecule has 0 aromatic heterocycles. The van der Waals surface area contributed by atoms with Crippen LogP contribution in [0.4, 0.5) is 0 Å². The van der Waals surface area contributed by atoms with Gasteiger partial charge < -0.3 is 19.8 Å². The van der Waals surface area contributed by atoms with Crippen LogP contribution >= 0.6 is 0 Å².